The van der Waals surface area contributed by atoms with E-state index in [0.717, 1.165) is 43.4 Å². The number of aromatic nitrogens is 1. The van der Waals surface area contributed by atoms with Crippen LogP contribution < -0.4 is 16.0 Å². The molecule has 0 saturated carbocycles. The van der Waals surface area contributed by atoms with Gasteiger partial charge in [0.05, 0.1) is 13.1 Å². The van der Waals surface area contributed by atoms with Gasteiger partial charge in [0.25, 0.3) is 0 Å². The monoisotopic (exact) mass is 352 g/mol. The minimum Gasteiger partial charge on any atom is -0.358 e. The van der Waals surface area contributed by atoms with Crippen molar-refractivity contribution in [3.05, 3.63) is 16.1 Å². The van der Waals surface area contributed by atoms with Crippen molar-refractivity contribution < 1.29 is 4.79 Å². The van der Waals surface area contributed by atoms with Crippen molar-refractivity contribution in [2.75, 3.05) is 33.2 Å². The van der Waals surface area contributed by atoms with E-state index in [2.05, 4.69) is 44.7 Å². The molecule has 0 atom stereocenters. The number of guanidine groups is 1. The molecule has 3 N–H and O–H groups in total. The number of carbonyl (C=O) groups is 1. The van der Waals surface area contributed by atoms with Gasteiger partial charge in [0.2, 0.25) is 5.91 Å². The highest BCUT2D eigenvalue weighted by Gasteiger charge is 2.21. The Bertz CT molecular complexity index is 551. The number of rotatable bonds is 6. The number of thiazole rings is 1. The number of likely N-dealkylation sites (tertiary alicyclic amines) is 1. The first-order valence-corrected chi connectivity index (χ1v) is 9.31. The molecular formula is C16H28N6OS. The van der Waals surface area contributed by atoms with Crippen LogP contribution in [-0.2, 0) is 11.3 Å². The first-order valence-electron chi connectivity index (χ1n) is 8.49. The van der Waals surface area contributed by atoms with Gasteiger partial charge in [-0.3, -0.25) is 9.69 Å². The standard InChI is InChI=1S/C16H28N6OS/c1-4-18-16(20-10-15-19-9-12(2)24-15)21-13-5-7-22(8-6-13)11-14(23)17-3/h9,13H,4-8,10-11H2,1-3H3,(H,17,23)(H2,18,20,21). The molecule has 0 aliphatic carbocycles. The summed E-state index contributed by atoms with van der Waals surface area (Å²) in [5, 5.41) is 10.5. The maximum Gasteiger partial charge on any atom is 0.233 e. The van der Waals surface area contributed by atoms with Crippen LogP contribution in [0.4, 0.5) is 0 Å². The zero-order valence-corrected chi connectivity index (χ0v) is 15.6. The molecule has 0 aromatic carbocycles. The van der Waals surface area contributed by atoms with Crippen LogP contribution in [0.15, 0.2) is 11.2 Å². The highest BCUT2D eigenvalue weighted by molar-refractivity contribution is 7.11. The molecule has 134 valence electrons. The van der Waals surface area contributed by atoms with Crippen molar-refractivity contribution in [1.82, 2.24) is 25.8 Å². The molecule has 1 fully saturated rings. The van der Waals surface area contributed by atoms with E-state index in [1.165, 1.54) is 4.88 Å². The summed E-state index contributed by atoms with van der Waals surface area (Å²) in [5.74, 6) is 0.921. The molecule has 2 heterocycles. The molecule has 24 heavy (non-hydrogen) atoms. The number of aliphatic imine (C=N–C) groups is 1. The van der Waals surface area contributed by atoms with E-state index in [1.807, 2.05) is 6.20 Å². The van der Waals surface area contributed by atoms with Gasteiger partial charge >= 0.3 is 0 Å². The van der Waals surface area contributed by atoms with Crippen LogP contribution in [0.25, 0.3) is 0 Å². The molecule has 1 aromatic heterocycles. The minimum absolute atomic E-state index is 0.0788. The summed E-state index contributed by atoms with van der Waals surface area (Å²) < 4.78 is 0. The van der Waals surface area contributed by atoms with E-state index >= 15 is 0 Å². The summed E-state index contributed by atoms with van der Waals surface area (Å²) in [6, 6.07) is 0.391. The van der Waals surface area contributed by atoms with E-state index in [9.17, 15) is 4.79 Å². The number of amides is 1. The summed E-state index contributed by atoms with van der Waals surface area (Å²) in [6.07, 6.45) is 3.91. The molecule has 8 heteroatoms. The lowest BCUT2D eigenvalue weighted by molar-refractivity contribution is -0.122. The number of likely N-dealkylation sites (N-methyl/N-ethyl adjacent to an activating group) is 1. The average Bonchev–Trinajstić information content (AvgIpc) is 3.00. The predicted octanol–water partition coefficient (Wildman–Crippen LogP) is 0.717. The maximum atomic E-state index is 11.4. The molecule has 1 aliphatic heterocycles. The molecule has 1 aromatic rings. The van der Waals surface area contributed by atoms with E-state index in [0.29, 0.717) is 19.1 Å². The minimum atomic E-state index is 0.0788. The van der Waals surface area contributed by atoms with Gasteiger partial charge in [0.15, 0.2) is 5.96 Å². The summed E-state index contributed by atoms with van der Waals surface area (Å²) in [4.78, 5) is 23.8. The number of aryl methyl sites for hydroxylation is 1. The van der Waals surface area contributed by atoms with Gasteiger partial charge in [0, 0.05) is 43.8 Å². The second-order valence-electron chi connectivity index (χ2n) is 5.93. The molecule has 0 spiro atoms. The Balaban J connectivity index is 1.81. The number of carbonyl (C=O) groups excluding carboxylic acids is 1. The van der Waals surface area contributed by atoms with Crippen LogP contribution in [0.5, 0.6) is 0 Å². The highest BCUT2D eigenvalue weighted by atomic mass is 32.1. The quantitative estimate of drug-likeness (QED) is 0.519. The van der Waals surface area contributed by atoms with Crippen molar-refractivity contribution in [2.45, 2.75) is 39.3 Å². The SMILES string of the molecule is CCNC(=NCc1ncc(C)s1)NC1CCN(CC(=O)NC)CC1. The molecule has 1 amide bonds. The Kier molecular flexibility index (Phi) is 7.45. The normalized spacial score (nSPS) is 16.9. The zero-order chi connectivity index (χ0) is 17.4. The van der Waals surface area contributed by atoms with Crippen LogP contribution in [0.3, 0.4) is 0 Å². The molecule has 0 unspecified atom stereocenters. The average molecular weight is 353 g/mol. The number of nitrogens with one attached hydrogen (secondary N) is 3. The second-order valence-corrected chi connectivity index (χ2v) is 7.25. The fourth-order valence-electron chi connectivity index (χ4n) is 2.65. The van der Waals surface area contributed by atoms with Gasteiger partial charge in [-0.05, 0) is 26.7 Å². The van der Waals surface area contributed by atoms with Crippen LogP contribution in [-0.4, -0.2) is 61.0 Å². The zero-order valence-electron chi connectivity index (χ0n) is 14.8. The largest absolute Gasteiger partial charge is 0.358 e. The lowest BCUT2D eigenvalue weighted by atomic mass is 10.1. The molecule has 2 rings (SSSR count). The second kappa shape index (κ2) is 9.58. The van der Waals surface area contributed by atoms with Gasteiger partial charge in [0.1, 0.15) is 5.01 Å². The smallest absolute Gasteiger partial charge is 0.233 e. The number of nitrogens with zero attached hydrogens (tertiary/aromatic N) is 3. The lowest BCUT2D eigenvalue weighted by Crippen LogP contribution is -2.50. The highest BCUT2D eigenvalue weighted by Crippen LogP contribution is 2.12. The third kappa shape index (κ3) is 6.09. The Morgan fingerprint density at radius 3 is 2.79 bits per heavy atom. The fourth-order valence-corrected chi connectivity index (χ4v) is 3.36. The van der Waals surface area contributed by atoms with Gasteiger partial charge < -0.3 is 16.0 Å². The molecular weight excluding hydrogens is 324 g/mol. The Labute approximate surface area is 147 Å². The van der Waals surface area contributed by atoms with Crippen molar-refractivity contribution in [3.63, 3.8) is 0 Å². The van der Waals surface area contributed by atoms with Gasteiger partial charge in [-0.15, -0.1) is 11.3 Å². The van der Waals surface area contributed by atoms with Crippen molar-refractivity contribution in [1.29, 1.82) is 0 Å². The van der Waals surface area contributed by atoms with Gasteiger partial charge in [-0.25, -0.2) is 9.98 Å². The lowest BCUT2D eigenvalue weighted by Gasteiger charge is -2.32. The van der Waals surface area contributed by atoms with E-state index < -0.39 is 0 Å². The summed E-state index contributed by atoms with van der Waals surface area (Å²) in [7, 11) is 1.68. The van der Waals surface area contributed by atoms with Crippen molar-refractivity contribution >= 4 is 23.2 Å². The number of piperidine rings is 1. The Morgan fingerprint density at radius 2 is 2.21 bits per heavy atom. The molecule has 7 nitrogen and oxygen atoms in total. The van der Waals surface area contributed by atoms with Gasteiger partial charge in [-0.1, -0.05) is 0 Å². The van der Waals surface area contributed by atoms with Crippen LogP contribution in [0.1, 0.15) is 29.7 Å². The molecule has 0 radical (unpaired) electrons. The Hall–Kier alpha value is -1.67. The summed E-state index contributed by atoms with van der Waals surface area (Å²) >= 11 is 1.68. The molecule has 1 aliphatic rings. The molecule has 0 bridgehead atoms. The van der Waals surface area contributed by atoms with E-state index in [4.69, 9.17) is 0 Å². The van der Waals surface area contributed by atoms with E-state index in [1.54, 1.807) is 18.4 Å². The third-order valence-corrected chi connectivity index (χ3v) is 4.86. The number of hydrogen-bond acceptors (Lipinski definition) is 5. The third-order valence-electron chi connectivity index (χ3n) is 3.96. The van der Waals surface area contributed by atoms with Crippen molar-refractivity contribution in [2.24, 2.45) is 4.99 Å². The topological polar surface area (TPSA) is 81.7 Å². The van der Waals surface area contributed by atoms with Crippen LogP contribution in [0.2, 0.25) is 0 Å². The maximum absolute atomic E-state index is 11.4. The summed E-state index contributed by atoms with van der Waals surface area (Å²) in [6.45, 7) is 7.90. The van der Waals surface area contributed by atoms with Crippen LogP contribution >= 0.6 is 11.3 Å². The van der Waals surface area contributed by atoms with E-state index in [-0.39, 0.29) is 5.91 Å². The Morgan fingerprint density at radius 1 is 1.46 bits per heavy atom. The predicted molar refractivity (Wildman–Crippen MR) is 98.3 cm³/mol. The van der Waals surface area contributed by atoms with Crippen LogP contribution in [0, 0.1) is 6.92 Å². The first kappa shape index (κ1) is 18.7. The number of hydrogen-bond donors (Lipinski definition) is 3. The van der Waals surface area contributed by atoms with Crippen molar-refractivity contribution in [3.8, 4) is 0 Å². The molecule has 1 saturated heterocycles. The van der Waals surface area contributed by atoms with Gasteiger partial charge in [-0.2, -0.15) is 0 Å². The first-order chi connectivity index (χ1) is 11.6. The summed E-state index contributed by atoms with van der Waals surface area (Å²) in [5.41, 5.74) is 0. The fraction of sp³-hybridized carbons (Fsp3) is 0.688.